The summed E-state index contributed by atoms with van der Waals surface area (Å²) in [5.74, 6) is 0.289. The summed E-state index contributed by atoms with van der Waals surface area (Å²) in [5.41, 5.74) is 0. The predicted octanol–water partition coefficient (Wildman–Crippen LogP) is -0.421. The summed E-state index contributed by atoms with van der Waals surface area (Å²) in [5, 5.41) is 3.34. The van der Waals surface area contributed by atoms with Crippen LogP contribution in [0.4, 0.5) is 0 Å². The van der Waals surface area contributed by atoms with Gasteiger partial charge in [-0.2, -0.15) is 0 Å². The van der Waals surface area contributed by atoms with Crippen LogP contribution in [0.2, 0.25) is 0 Å². The Bertz CT molecular complexity index is 163. The van der Waals surface area contributed by atoms with Gasteiger partial charge in [-0.15, -0.1) is 0 Å². The van der Waals surface area contributed by atoms with E-state index in [0.717, 1.165) is 6.54 Å². The first-order valence-corrected chi connectivity index (χ1v) is 3.76. The van der Waals surface area contributed by atoms with Crippen LogP contribution in [-0.4, -0.2) is 36.5 Å². The molecule has 0 spiro atoms. The maximum atomic E-state index is 11.1. The van der Waals surface area contributed by atoms with Crippen molar-refractivity contribution in [1.29, 1.82) is 0 Å². The number of nitrogens with one attached hydrogen (secondary N) is 1. The van der Waals surface area contributed by atoms with E-state index in [1.54, 1.807) is 0 Å². The molecule has 0 radical (unpaired) electrons. The summed E-state index contributed by atoms with van der Waals surface area (Å²) >= 11 is 0. The summed E-state index contributed by atoms with van der Waals surface area (Å²) in [6, 6.07) is 1.07. The fourth-order valence-electron chi connectivity index (χ4n) is 1.72. The van der Waals surface area contributed by atoms with Gasteiger partial charge in [-0.1, -0.05) is 0 Å². The van der Waals surface area contributed by atoms with Gasteiger partial charge >= 0.3 is 0 Å². The van der Waals surface area contributed by atoms with Crippen LogP contribution in [0, 0.1) is 0 Å². The average Bonchev–Trinajstić information content (AvgIpc) is 1.97. The van der Waals surface area contributed by atoms with E-state index < -0.39 is 0 Å². The number of likely N-dealkylation sites (N-methyl/N-ethyl adjacent to an activating group) is 1. The molecule has 0 aliphatic carbocycles. The standard InChI is InChI=1S/C7H12N2O/c1-9-4-6-2-5(8-6)3-7(9)10/h5-6,8H,2-4H2,1H3. The van der Waals surface area contributed by atoms with E-state index in [2.05, 4.69) is 5.32 Å². The maximum absolute atomic E-state index is 11.1. The lowest BCUT2D eigenvalue weighted by molar-refractivity contribution is -0.129. The normalized spacial score (nSPS) is 38.9. The van der Waals surface area contributed by atoms with Gasteiger partial charge in [0.2, 0.25) is 5.91 Å². The van der Waals surface area contributed by atoms with Crippen molar-refractivity contribution in [2.45, 2.75) is 24.9 Å². The van der Waals surface area contributed by atoms with Gasteiger partial charge in [0, 0.05) is 32.1 Å². The van der Waals surface area contributed by atoms with E-state index in [1.807, 2.05) is 11.9 Å². The van der Waals surface area contributed by atoms with Gasteiger partial charge in [0.15, 0.2) is 0 Å². The molecule has 0 aromatic carbocycles. The topological polar surface area (TPSA) is 32.3 Å². The largest absolute Gasteiger partial charge is 0.344 e. The van der Waals surface area contributed by atoms with Crippen molar-refractivity contribution in [1.82, 2.24) is 10.2 Å². The number of fused-ring (bicyclic) bond motifs is 3. The lowest BCUT2D eigenvalue weighted by atomic mass is 9.96. The van der Waals surface area contributed by atoms with Crippen LogP contribution in [0.3, 0.4) is 0 Å². The first kappa shape index (κ1) is 6.16. The smallest absolute Gasteiger partial charge is 0.223 e. The molecule has 3 heterocycles. The molecule has 3 fully saturated rings. The number of carbonyl (C=O) groups excluding carboxylic acids is 1. The molecule has 2 bridgehead atoms. The summed E-state index contributed by atoms with van der Waals surface area (Å²) in [7, 11) is 1.88. The second-order valence-electron chi connectivity index (χ2n) is 3.27. The van der Waals surface area contributed by atoms with E-state index in [4.69, 9.17) is 0 Å². The van der Waals surface area contributed by atoms with Crippen molar-refractivity contribution in [3.05, 3.63) is 0 Å². The molecule has 2 atom stereocenters. The number of rotatable bonds is 0. The zero-order chi connectivity index (χ0) is 7.14. The summed E-state index contributed by atoms with van der Waals surface area (Å²) in [6.45, 7) is 0.898. The summed E-state index contributed by atoms with van der Waals surface area (Å²) < 4.78 is 0. The van der Waals surface area contributed by atoms with Crippen LogP contribution in [-0.2, 0) is 4.79 Å². The van der Waals surface area contributed by atoms with Gasteiger partial charge in [0.05, 0.1) is 0 Å². The first-order valence-electron chi connectivity index (χ1n) is 3.76. The average molecular weight is 140 g/mol. The van der Waals surface area contributed by atoms with Crippen LogP contribution in [0.15, 0.2) is 0 Å². The molecule has 56 valence electrons. The molecule has 0 saturated carbocycles. The number of carbonyl (C=O) groups is 1. The lowest BCUT2D eigenvalue weighted by Crippen LogP contribution is -2.53. The van der Waals surface area contributed by atoms with E-state index in [9.17, 15) is 4.79 Å². The van der Waals surface area contributed by atoms with Crippen LogP contribution in [0.5, 0.6) is 0 Å². The molecular formula is C7H12N2O. The second kappa shape index (κ2) is 1.95. The molecule has 3 aliphatic rings. The highest BCUT2D eigenvalue weighted by atomic mass is 16.2. The fourth-order valence-corrected chi connectivity index (χ4v) is 1.72. The van der Waals surface area contributed by atoms with Gasteiger partial charge in [-0.25, -0.2) is 0 Å². The minimum atomic E-state index is 0.289. The van der Waals surface area contributed by atoms with Crippen molar-refractivity contribution < 1.29 is 4.79 Å². The van der Waals surface area contributed by atoms with Gasteiger partial charge in [0.25, 0.3) is 0 Å². The third kappa shape index (κ3) is 0.814. The van der Waals surface area contributed by atoms with Crippen LogP contribution < -0.4 is 5.32 Å². The first-order chi connectivity index (χ1) is 4.75. The molecular weight excluding hydrogens is 128 g/mol. The highest BCUT2D eigenvalue weighted by molar-refractivity contribution is 5.77. The van der Waals surface area contributed by atoms with Gasteiger partial charge in [-0.05, 0) is 6.42 Å². The third-order valence-electron chi connectivity index (χ3n) is 2.38. The Hall–Kier alpha value is -0.570. The van der Waals surface area contributed by atoms with Crippen LogP contribution in [0.25, 0.3) is 0 Å². The predicted molar refractivity (Wildman–Crippen MR) is 37.6 cm³/mol. The Morgan fingerprint density at radius 1 is 1.60 bits per heavy atom. The molecule has 2 unspecified atom stereocenters. The monoisotopic (exact) mass is 140 g/mol. The molecule has 3 rings (SSSR count). The highest BCUT2D eigenvalue weighted by Gasteiger charge is 2.35. The molecule has 3 heteroatoms. The second-order valence-corrected chi connectivity index (χ2v) is 3.27. The van der Waals surface area contributed by atoms with Crippen molar-refractivity contribution in [3.63, 3.8) is 0 Å². The molecule has 3 aliphatic heterocycles. The van der Waals surface area contributed by atoms with Crippen LogP contribution >= 0.6 is 0 Å². The minimum Gasteiger partial charge on any atom is -0.344 e. The molecule has 0 aromatic heterocycles. The fraction of sp³-hybridized carbons (Fsp3) is 0.857. The molecule has 3 saturated heterocycles. The van der Waals surface area contributed by atoms with E-state index in [0.29, 0.717) is 18.5 Å². The maximum Gasteiger partial charge on any atom is 0.223 e. The Balaban J connectivity index is 2.08. The van der Waals surface area contributed by atoms with E-state index in [1.165, 1.54) is 6.42 Å². The quantitative estimate of drug-likeness (QED) is 0.495. The Labute approximate surface area is 60.4 Å². The van der Waals surface area contributed by atoms with Crippen molar-refractivity contribution in [2.24, 2.45) is 0 Å². The van der Waals surface area contributed by atoms with Gasteiger partial charge < -0.3 is 10.2 Å². The number of nitrogens with zero attached hydrogens (tertiary/aromatic N) is 1. The molecule has 3 nitrogen and oxygen atoms in total. The van der Waals surface area contributed by atoms with Gasteiger partial charge in [-0.3, -0.25) is 4.79 Å². The van der Waals surface area contributed by atoms with Crippen LogP contribution in [0.1, 0.15) is 12.8 Å². The third-order valence-corrected chi connectivity index (χ3v) is 2.38. The number of amides is 1. The van der Waals surface area contributed by atoms with Crippen molar-refractivity contribution >= 4 is 5.91 Å². The number of hydrogen-bond donors (Lipinski definition) is 1. The van der Waals surface area contributed by atoms with E-state index >= 15 is 0 Å². The van der Waals surface area contributed by atoms with Crippen molar-refractivity contribution in [3.8, 4) is 0 Å². The Kier molecular flexibility index (Phi) is 1.20. The molecule has 1 amide bonds. The SMILES string of the molecule is CN1CC2CC(CC1=O)N2. The molecule has 10 heavy (non-hydrogen) atoms. The zero-order valence-corrected chi connectivity index (χ0v) is 6.13. The molecule has 1 N–H and O–H groups in total. The minimum absolute atomic E-state index is 0.289. The zero-order valence-electron chi connectivity index (χ0n) is 6.13. The van der Waals surface area contributed by atoms with E-state index in [-0.39, 0.29) is 5.91 Å². The summed E-state index contributed by atoms with van der Waals surface area (Å²) in [4.78, 5) is 13.0. The lowest BCUT2D eigenvalue weighted by Gasteiger charge is -2.33. The molecule has 0 aromatic rings. The summed E-state index contributed by atoms with van der Waals surface area (Å²) in [6.07, 6.45) is 1.89. The highest BCUT2D eigenvalue weighted by Crippen LogP contribution is 2.20. The Morgan fingerprint density at radius 3 is 3.00 bits per heavy atom. The van der Waals surface area contributed by atoms with Crippen molar-refractivity contribution in [2.75, 3.05) is 13.6 Å². The Morgan fingerprint density at radius 2 is 2.30 bits per heavy atom. The van der Waals surface area contributed by atoms with Gasteiger partial charge in [0.1, 0.15) is 0 Å². The number of hydrogen-bond acceptors (Lipinski definition) is 2.